The van der Waals surface area contributed by atoms with E-state index in [1.54, 1.807) is 4.68 Å². The van der Waals surface area contributed by atoms with Gasteiger partial charge in [0.25, 0.3) is 0 Å². The van der Waals surface area contributed by atoms with Crippen LogP contribution in [-0.4, -0.2) is 20.5 Å². The molecule has 1 aromatic carbocycles. The molecule has 0 fully saturated rings. The van der Waals surface area contributed by atoms with Crippen LogP contribution in [0.4, 0.5) is 0 Å². The van der Waals surface area contributed by atoms with Crippen molar-refractivity contribution in [2.45, 2.75) is 46.1 Å². The Morgan fingerprint density at radius 1 is 1.25 bits per heavy atom. The van der Waals surface area contributed by atoms with Crippen LogP contribution in [0.5, 0.6) is 0 Å². The molecule has 0 spiro atoms. The van der Waals surface area contributed by atoms with Crippen LogP contribution in [0.3, 0.4) is 0 Å². The number of carbonyl (C=O) groups is 1. The number of nitrogens with zero attached hydrogens (tertiary/aromatic N) is 3. The van der Waals surface area contributed by atoms with E-state index in [-0.39, 0.29) is 5.78 Å². The van der Waals surface area contributed by atoms with Crippen molar-refractivity contribution in [3.63, 3.8) is 0 Å². The highest BCUT2D eigenvalue weighted by Crippen LogP contribution is 2.15. The summed E-state index contributed by atoms with van der Waals surface area (Å²) in [5, 5.41) is 4.14. The largest absolute Gasteiger partial charge is 0.294 e. The van der Waals surface area contributed by atoms with E-state index in [1.807, 2.05) is 24.3 Å². The van der Waals surface area contributed by atoms with Gasteiger partial charge in [-0.15, -0.1) is 0 Å². The molecule has 0 atom stereocenters. The number of Topliss-reactive ketones (excluding diaryl/α,β-unsaturated/α-hetero) is 1. The standard InChI is InChI=1S/C16H21N3O/c1-4-9-19-16(17-11-18-19)10-15(20)14-7-5-13(6-8-14)12(2)3/h5-8,11-12H,4,9-10H2,1-3H3. The quantitative estimate of drug-likeness (QED) is 0.758. The minimum atomic E-state index is 0.0886. The maximum Gasteiger partial charge on any atom is 0.170 e. The van der Waals surface area contributed by atoms with Gasteiger partial charge >= 0.3 is 0 Å². The zero-order valence-electron chi connectivity index (χ0n) is 12.3. The molecule has 0 aliphatic carbocycles. The van der Waals surface area contributed by atoms with Gasteiger partial charge in [0.15, 0.2) is 5.78 Å². The minimum absolute atomic E-state index is 0.0886. The summed E-state index contributed by atoms with van der Waals surface area (Å²) in [5.41, 5.74) is 1.98. The highest BCUT2D eigenvalue weighted by molar-refractivity contribution is 5.97. The van der Waals surface area contributed by atoms with E-state index in [4.69, 9.17) is 0 Å². The topological polar surface area (TPSA) is 47.8 Å². The molecular weight excluding hydrogens is 250 g/mol. The SMILES string of the molecule is CCCn1ncnc1CC(=O)c1ccc(C(C)C)cc1. The van der Waals surface area contributed by atoms with Gasteiger partial charge in [0.2, 0.25) is 0 Å². The molecule has 1 aromatic heterocycles. The van der Waals surface area contributed by atoms with Crippen LogP contribution >= 0.6 is 0 Å². The fourth-order valence-corrected chi connectivity index (χ4v) is 2.12. The molecule has 2 rings (SSSR count). The molecule has 2 aromatic rings. The number of rotatable bonds is 6. The zero-order valence-corrected chi connectivity index (χ0v) is 12.3. The van der Waals surface area contributed by atoms with Crippen molar-refractivity contribution < 1.29 is 4.79 Å². The number of ketones is 1. The Balaban J connectivity index is 2.09. The number of carbonyl (C=O) groups excluding carboxylic acids is 1. The molecule has 106 valence electrons. The number of aryl methyl sites for hydroxylation is 1. The first kappa shape index (κ1) is 14.4. The summed E-state index contributed by atoms with van der Waals surface area (Å²) in [5.74, 6) is 1.31. The molecule has 0 aliphatic rings. The van der Waals surface area contributed by atoms with Gasteiger partial charge in [-0.2, -0.15) is 5.10 Å². The molecule has 0 saturated carbocycles. The molecule has 1 heterocycles. The molecular formula is C16H21N3O. The summed E-state index contributed by atoms with van der Waals surface area (Å²) in [4.78, 5) is 16.4. The third-order valence-corrected chi connectivity index (χ3v) is 3.35. The van der Waals surface area contributed by atoms with E-state index in [9.17, 15) is 4.79 Å². The van der Waals surface area contributed by atoms with Crippen LogP contribution in [0.1, 0.15) is 54.9 Å². The van der Waals surface area contributed by atoms with E-state index in [0.717, 1.165) is 24.4 Å². The Kier molecular flexibility index (Phi) is 4.66. The summed E-state index contributed by atoms with van der Waals surface area (Å²) >= 11 is 0. The summed E-state index contributed by atoms with van der Waals surface area (Å²) in [6.45, 7) is 7.17. The van der Waals surface area contributed by atoms with E-state index in [0.29, 0.717) is 12.3 Å². The van der Waals surface area contributed by atoms with Crippen LogP contribution in [0.15, 0.2) is 30.6 Å². The Labute approximate surface area is 119 Å². The second kappa shape index (κ2) is 6.46. The lowest BCUT2D eigenvalue weighted by molar-refractivity contribution is 0.0989. The van der Waals surface area contributed by atoms with Crippen LogP contribution in [-0.2, 0) is 13.0 Å². The van der Waals surface area contributed by atoms with Crippen molar-refractivity contribution >= 4 is 5.78 Å². The van der Waals surface area contributed by atoms with Gasteiger partial charge in [-0.25, -0.2) is 9.67 Å². The molecule has 0 aliphatic heterocycles. The highest BCUT2D eigenvalue weighted by atomic mass is 16.1. The first-order valence-corrected chi connectivity index (χ1v) is 7.11. The first-order chi connectivity index (χ1) is 9.61. The van der Waals surface area contributed by atoms with Gasteiger partial charge in [-0.05, 0) is 17.9 Å². The Bertz CT molecular complexity index is 570. The molecule has 20 heavy (non-hydrogen) atoms. The van der Waals surface area contributed by atoms with Crippen molar-refractivity contribution in [2.75, 3.05) is 0 Å². The Morgan fingerprint density at radius 2 is 1.95 bits per heavy atom. The third-order valence-electron chi connectivity index (χ3n) is 3.35. The summed E-state index contributed by atoms with van der Waals surface area (Å²) < 4.78 is 1.81. The summed E-state index contributed by atoms with van der Waals surface area (Å²) in [7, 11) is 0. The first-order valence-electron chi connectivity index (χ1n) is 7.11. The van der Waals surface area contributed by atoms with Gasteiger partial charge in [-0.1, -0.05) is 45.0 Å². The highest BCUT2D eigenvalue weighted by Gasteiger charge is 2.12. The number of aromatic nitrogens is 3. The monoisotopic (exact) mass is 271 g/mol. The van der Waals surface area contributed by atoms with E-state index in [2.05, 4.69) is 30.9 Å². The fourth-order valence-electron chi connectivity index (χ4n) is 2.12. The van der Waals surface area contributed by atoms with E-state index < -0.39 is 0 Å². The van der Waals surface area contributed by atoms with Crippen molar-refractivity contribution in [2.24, 2.45) is 0 Å². The predicted octanol–water partition coefficient (Wildman–Crippen LogP) is 3.24. The second-order valence-corrected chi connectivity index (χ2v) is 5.28. The lowest BCUT2D eigenvalue weighted by Gasteiger charge is -2.07. The van der Waals surface area contributed by atoms with Crippen molar-refractivity contribution in [3.05, 3.63) is 47.5 Å². The number of hydrogen-bond donors (Lipinski definition) is 0. The van der Waals surface area contributed by atoms with Gasteiger partial charge in [0, 0.05) is 12.1 Å². The molecule has 0 unspecified atom stereocenters. The third kappa shape index (κ3) is 3.32. The van der Waals surface area contributed by atoms with Crippen LogP contribution in [0.2, 0.25) is 0 Å². The Hall–Kier alpha value is -1.97. The smallest absolute Gasteiger partial charge is 0.170 e. The van der Waals surface area contributed by atoms with Gasteiger partial charge in [0.1, 0.15) is 12.2 Å². The second-order valence-electron chi connectivity index (χ2n) is 5.28. The van der Waals surface area contributed by atoms with Gasteiger partial charge < -0.3 is 0 Å². The van der Waals surface area contributed by atoms with Crippen LogP contribution in [0.25, 0.3) is 0 Å². The van der Waals surface area contributed by atoms with Crippen molar-refractivity contribution in [1.29, 1.82) is 0 Å². The maximum atomic E-state index is 12.3. The predicted molar refractivity (Wildman–Crippen MR) is 78.9 cm³/mol. The Morgan fingerprint density at radius 3 is 2.55 bits per heavy atom. The zero-order chi connectivity index (χ0) is 14.5. The average Bonchev–Trinajstić information content (AvgIpc) is 2.86. The molecule has 0 bridgehead atoms. The average molecular weight is 271 g/mol. The lowest BCUT2D eigenvalue weighted by Crippen LogP contribution is -2.11. The van der Waals surface area contributed by atoms with E-state index >= 15 is 0 Å². The van der Waals surface area contributed by atoms with Crippen LogP contribution in [0, 0.1) is 0 Å². The molecule has 0 radical (unpaired) electrons. The number of hydrogen-bond acceptors (Lipinski definition) is 3. The van der Waals surface area contributed by atoms with Gasteiger partial charge in [0.05, 0.1) is 6.42 Å². The lowest BCUT2D eigenvalue weighted by atomic mass is 10.00. The maximum absolute atomic E-state index is 12.3. The molecule has 4 heteroatoms. The molecule has 0 amide bonds. The normalized spacial score (nSPS) is 11.0. The van der Waals surface area contributed by atoms with Crippen molar-refractivity contribution in [1.82, 2.24) is 14.8 Å². The van der Waals surface area contributed by atoms with Crippen molar-refractivity contribution in [3.8, 4) is 0 Å². The molecule has 4 nitrogen and oxygen atoms in total. The van der Waals surface area contributed by atoms with E-state index in [1.165, 1.54) is 11.9 Å². The summed E-state index contributed by atoms with van der Waals surface area (Å²) in [6, 6.07) is 7.85. The molecule has 0 N–H and O–H groups in total. The van der Waals surface area contributed by atoms with Gasteiger partial charge in [-0.3, -0.25) is 4.79 Å². The fraction of sp³-hybridized carbons (Fsp3) is 0.438. The minimum Gasteiger partial charge on any atom is -0.294 e. The molecule has 0 saturated heterocycles. The van der Waals surface area contributed by atoms with Crippen LogP contribution < -0.4 is 0 Å². The number of benzene rings is 1. The summed E-state index contributed by atoms with van der Waals surface area (Å²) in [6.07, 6.45) is 2.80.